The summed E-state index contributed by atoms with van der Waals surface area (Å²) in [7, 11) is 3.25. The molecule has 1 aliphatic rings. The molecule has 4 heteroatoms. The second-order valence-electron chi connectivity index (χ2n) is 5.75. The second-order valence-corrected chi connectivity index (χ2v) is 6.16. The first-order valence-electron chi connectivity index (χ1n) is 7.83. The van der Waals surface area contributed by atoms with Gasteiger partial charge in [0.15, 0.2) is 11.5 Å². The molecule has 2 unspecified atom stereocenters. The second kappa shape index (κ2) is 7.90. The molecule has 0 amide bonds. The average Bonchev–Trinajstić information content (AvgIpc) is 2.52. The minimum absolute atomic E-state index is 0.601. The van der Waals surface area contributed by atoms with E-state index in [1.165, 1.54) is 32.1 Å². The standard InChI is InChI=1S/C17H26ClNO2/c1-4-13-7-5-6-8-15(13)19-11-12-9-14(18)17(21-3)16(10-12)20-2/h9-10,13,15,19H,4-8,11H2,1-3H3. The van der Waals surface area contributed by atoms with Crippen LogP contribution in [-0.4, -0.2) is 20.3 Å². The van der Waals surface area contributed by atoms with E-state index in [0.717, 1.165) is 18.0 Å². The van der Waals surface area contributed by atoms with E-state index in [2.05, 4.69) is 12.2 Å². The van der Waals surface area contributed by atoms with Crippen LogP contribution in [0.2, 0.25) is 5.02 Å². The van der Waals surface area contributed by atoms with Crippen molar-refractivity contribution in [3.05, 3.63) is 22.7 Å². The fraction of sp³-hybridized carbons (Fsp3) is 0.647. The highest BCUT2D eigenvalue weighted by atomic mass is 35.5. The summed E-state index contributed by atoms with van der Waals surface area (Å²) in [5.41, 5.74) is 1.14. The molecule has 1 aliphatic carbocycles. The van der Waals surface area contributed by atoms with Gasteiger partial charge in [0.2, 0.25) is 0 Å². The third kappa shape index (κ3) is 4.04. The molecule has 0 heterocycles. The molecule has 3 nitrogen and oxygen atoms in total. The van der Waals surface area contributed by atoms with E-state index in [-0.39, 0.29) is 0 Å². The molecule has 1 aromatic carbocycles. The number of hydrogen-bond acceptors (Lipinski definition) is 3. The van der Waals surface area contributed by atoms with Crippen molar-refractivity contribution in [1.82, 2.24) is 5.32 Å². The van der Waals surface area contributed by atoms with Crippen molar-refractivity contribution in [2.75, 3.05) is 14.2 Å². The Kier molecular flexibility index (Phi) is 6.19. The Morgan fingerprint density at radius 3 is 2.62 bits per heavy atom. The molecule has 1 saturated carbocycles. The molecule has 1 aromatic rings. The normalized spacial score (nSPS) is 22.1. The third-order valence-electron chi connectivity index (χ3n) is 4.50. The first-order valence-corrected chi connectivity index (χ1v) is 8.21. The Labute approximate surface area is 133 Å². The Bertz CT molecular complexity index is 464. The largest absolute Gasteiger partial charge is 0.493 e. The topological polar surface area (TPSA) is 30.5 Å². The molecule has 21 heavy (non-hydrogen) atoms. The molecule has 2 rings (SSSR count). The molecule has 0 aliphatic heterocycles. The van der Waals surface area contributed by atoms with Crippen LogP contribution in [0.1, 0.15) is 44.6 Å². The van der Waals surface area contributed by atoms with E-state index < -0.39 is 0 Å². The van der Waals surface area contributed by atoms with Gasteiger partial charge in [-0.1, -0.05) is 37.8 Å². The molecule has 1 N–H and O–H groups in total. The Hall–Kier alpha value is -0.930. The monoisotopic (exact) mass is 311 g/mol. The van der Waals surface area contributed by atoms with Gasteiger partial charge in [-0.25, -0.2) is 0 Å². The minimum atomic E-state index is 0.601. The van der Waals surface area contributed by atoms with Crippen LogP contribution in [0.5, 0.6) is 11.5 Å². The molecule has 0 saturated heterocycles. The van der Waals surface area contributed by atoms with Crippen LogP contribution >= 0.6 is 11.6 Å². The molecule has 118 valence electrons. The van der Waals surface area contributed by atoms with Gasteiger partial charge >= 0.3 is 0 Å². The fourth-order valence-corrected chi connectivity index (χ4v) is 3.60. The van der Waals surface area contributed by atoms with Crippen molar-refractivity contribution >= 4 is 11.6 Å². The zero-order valence-corrected chi connectivity index (χ0v) is 14.0. The number of benzene rings is 1. The summed E-state index contributed by atoms with van der Waals surface area (Å²) in [6.45, 7) is 3.11. The first-order chi connectivity index (χ1) is 10.2. The predicted molar refractivity (Wildman–Crippen MR) is 87.4 cm³/mol. The minimum Gasteiger partial charge on any atom is -0.493 e. The zero-order chi connectivity index (χ0) is 15.2. The van der Waals surface area contributed by atoms with Gasteiger partial charge in [0.05, 0.1) is 19.2 Å². The highest BCUT2D eigenvalue weighted by Crippen LogP contribution is 2.36. The number of halogens is 1. The van der Waals surface area contributed by atoms with Crippen LogP contribution in [-0.2, 0) is 6.54 Å². The van der Waals surface area contributed by atoms with Crippen molar-refractivity contribution in [2.45, 2.75) is 51.6 Å². The molecule has 0 aromatic heterocycles. The molecular weight excluding hydrogens is 286 g/mol. The number of nitrogens with one attached hydrogen (secondary N) is 1. The van der Waals surface area contributed by atoms with Crippen LogP contribution in [0.25, 0.3) is 0 Å². The van der Waals surface area contributed by atoms with Crippen molar-refractivity contribution < 1.29 is 9.47 Å². The molecular formula is C17H26ClNO2. The summed E-state index contributed by atoms with van der Waals surface area (Å²) >= 11 is 6.26. The van der Waals surface area contributed by atoms with Crippen LogP contribution in [0.4, 0.5) is 0 Å². The van der Waals surface area contributed by atoms with Gasteiger partial charge in [0.1, 0.15) is 0 Å². The zero-order valence-electron chi connectivity index (χ0n) is 13.2. The van der Waals surface area contributed by atoms with Gasteiger partial charge in [-0.05, 0) is 36.5 Å². The number of rotatable bonds is 6. The Morgan fingerprint density at radius 1 is 1.19 bits per heavy atom. The molecule has 0 radical (unpaired) electrons. The van der Waals surface area contributed by atoms with Crippen LogP contribution < -0.4 is 14.8 Å². The van der Waals surface area contributed by atoms with Crippen molar-refractivity contribution in [3.8, 4) is 11.5 Å². The van der Waals surface area contributed by atoms with Crippen molar-refractivity contribution in [1.29, 1.82) is 0 Å². The summed E-state index contributed by atoms with van der Waals surface area (Å²) < 4.78 is 10.6. The molecule has 0 bridgehead atoms. The highest BCUT2D eigenvalue weighted by Gasteiger charge is 2.23. The van der Waals surface area contributed by atoms with E-state index in [0.29, 0.717) is 22.6 Å². The Morgan fingerprint density at radius 2 is 1.95 bits per heavy atom. The quantitative estimate of drug-likeness (QED) is 0.844. The highest BCUT2D eigenvalue weighted by molar-refractivity contribution is 6.32. The summed E-state index contributed by atoms with van der Waals surface area (Å²) in [6, 6.07) is 4.58. The predicted octanol–water partition coefficient (Wildman–Crippen LogP) is 4.42. The summed E-state index contributed by atoms with van der Waals surface area (Å²) in [4.78, 5) is 0. The van der Waals surface area contributed by atoms with Gasteiger partial charge in [0, 0.05) is 12.6 Å². The molecule has 0 spiro atoms. The maximum absolute atomic E-state index is 6.26. The maximum atomic E-state index is 6.26. The van der Waals surface area contributed by atoms with Gasteiger partial charge in [-0.15, -0.1) is 0 Å². The summed E-state index contributed by atoms with van der Waals surface area (Å²) in [5, 5.41) is 4.30. The lowest BCUT2D eigenvalue weighted by Crippen LogP contribution is -2.37. The van der Waals surface area contributed by atoms with Gasteiger partial charge in [-0.2, -0.15) is 0 Å². The summed E-state index contributed by atoms with van der Waals surface area (Å²) in [6.07, 6.45) is 6.59. The van der Waals surface area contributed by atoms with E-state index in [9.17, 15) is 0 Å². The molecule has 2 atom stereocenters. The van der Waals surface area contributed by atoms with Crippen LogP contribution in [0, 0.1) is 5.92 Å². The SMILES string of the molecule is CCC1CCCCC1NCc1cc(Cl)c(OC)c(OC)c1. The number of methoxy groups -OCH3 is 2. The van der Waals surface area contributed by atoms with E-state index in [1.807, 2.05) is 12.1 Å². The van der Waals surface area contributed by atoms with Gasteiger partial charge in [0.25, 0.3) is 0 Å². The lowest BCUT2D eigenvalue weighted by Gasteiger charge is -2.31. The van der Waals surface area contributed by atoms with Crippen LogP contribution in [0.15, 0.2) is 12.1 Å². The van der Waals surface area contributed by atoms with Crippen molar-refractivity contribution in [3.63, 3.8) is 0 Å². The van der Waals surface area contributed by atoms with E-state index in [4.69, 9.17) is 21.1 Å². The lowest BCUT2D eigenvalue weighted by atomic mass is 9.83. The smallest absolute Gasteiger partial charge is 0.179 e. The van der Waals surface area contributed by atoms with Gasteiger partial charge < -0.3 is 14.8 Å². The third-order valence-corrected chi connectivity index (χ3v) is 4.78. The maximum Gasteiger partial charge on any atom is 0.179 e. The Balaban J connectivity index is 2.04. The summed E-state index contributed by atoms with van der Waals surface area (Å²) in [5.74, 6) is 2.10. The fourth-order valence-electron chi connectivity index (χ4n) is 3.29. The van der Waals surface area contributed by atoms with E-state index >= 15 is 0 Å². The number of hydrogen-bond donors (Lipinski definition) is 1. The van der Waals surface area contributed by atoms with E-state index in [1.54, 1.807) is 14.2 Å². The average molecular weight is 312 g/mol. The first kappa shape index (κ1) is 16.4. The lowest BCUT2D eigenvalue weighted by molar-refractivity contribution is 0.254. The van der Waals surface area contributed by atoms with Gasteiger partial charge in [-0.3, -0.25) is 0 Å². The number of ether oxygens (including phenoxy) is 2. The van der Waals surface area contributed by atoms with Crippen LogP contribution in [0.3, 0.4) is 0 Å². The molecule has 1 fully saturated rings. The van der Waals surface area contributed by atoms with Crippen molar-refractivity contribution in [2.24, 2.45) is 5.92 Å².